The van der Waals surface area contributed by atoms with Gasteiger partial charge in [0.2, 0.25) is 5.91 Å². The van der Waals surface area contributed by atoms with Crippen molar-refractivity contribution >= 4 is 11.9 Å². The molecule has 0 radical (unpaired) electrons. The number of carbonyl (C=O) groups is 2. The highest BCUT2D eigenvalue weighted by Gasteiger charge is 2.30. The second-order valence-corrected chi connectivity index (χ2v) is 7.76. The van der Waals surface area contributed by atoms with Crippen molar-refractivity contribution in [1.29, 1.82) is 0 Å². The Morgan fingerprint density at radius 3 is 2.13 bits per heavy atom. The van der Waals surface area contributed by atoms with Crippen molar-refractivity contribution in [3.05, 3.63) is 84.4 Å². The Bertz CT molecular complexity index is 806. The maximum Gasteiger partial charge on any atom is 0.329 e. The van der Waals surface area contributed by atoms with Gasteiger partial charge in [-0.3, -0.25) is 9.69 Å². The van der Waals surface area contributed by atoms with E-state index in [2.05, 4.69) is 11.9 Å². The Kier molecular flexibility index (Phi) is 9.29. The molecule has 0 fully saturated rings. The van der Waals surface area contributed by atoms with Crippen LogP contribution in [0, 0.1) is 5.92 Å². The Balaban J connectivity index is 2.02. The summed E-state index contributed by atoms with van der Waals surface area (Å²) in [7, 11) is 1.90. The van der Waals surface area contributed by atoms with E-state index in [-0.39, 0.29) is 18.4 Å². The molecule has 0 bridgehead atoms. The minimum Gasteiger partial charge on any atom is -0.459 e. The molecule has 0 aliphatic rings. The molecule has 30 heavy (non-hydrogen) atoms. The summed E-state index contributed by atoms with van der Waals surface area (Å²) in [4.78, 5) is 27.7. The van der Waals surface area contributed by atoms with Crippen LogP contribution in [0.2, 0.25) is 0 Å². The van der Waals surface area contributed by atoms with Crippen LogP contribution >= 0.6 is 0 Å². The van der Waals surface area contributed by atoms with Crippen LogP contribution in [0.15, 0.2) is 73.3 Å². The molecule has 0 saturated carbocycles. The average Bonchev–Trinajstić information content (AvgIpc) is 2.75. The van der Waals surface area contributed by atoms with E-state index >= 15 is 0 Å². The highest BCUT2D eigenvalue weighted by Crippen LogP contribution is 2.12. The largest absolute Gasteiger partial charge is 0.459 e. The first-order valence-electron chi connectivity index (χ1n) is 10.3. The Morgan fingerprint density at radius 2 is 1.60 bits per heavy atom. The standard InChI is InChI=1S/C25H32N2O3/c1-5-12-22(27(4)17-20-13-8-6-9-14-20)24(28)26-23(19(2)3)25(29)30-18-21-15-10-7-11-16-21/h5-11,13-16,19,22-23H,1,12,17-18H2,2-4H3,(H,26,28)/t22-,23?/m0/s1. The third-order valence-corrected chi connectivity index (χ3v) is 4.94. The van der Waals surface area contributed by atoms with Gasteiger partial charge in [-0.05, 0) is 30.5 Å². The molecular formula is C25H32N2O3. The molecule has 2 aromatic carbocycles. The molecule has 1 amide bonds. The number of benzene rings is 2. The monoisotopic (exact) mass is 408 g/mol. The summed E-state index contributed by atoms with van der Waals surface area (Å²) in [5.74, 6) is -0.727. The van der Waals surface area contributed by atoms with Gasteiger partial charge in [-0.2, -0.15) is 0 Å². The summed E-state index contributed by atoms with van der Waals surface area (Å²) in [6.07, 6.45) is 2.21. The molecule has 0 aromatic heterocycles. The predicted octanol–water partition coefficient (Wildman–Crippen LogP) is 3.95. The smallest absolute Gasteiger partial charge is 0.329 e. The summed E-state index contributed by atoms with van der Waals surface area (Å²) in [6, 6.07) is 18.3. The molecular weight excluding hydrogens is 376 g/mol. The number of carbonyl (C=O) groups excluding carboxylic acids is 2. The average molecular weight is 409 g/mol. The minimum atomic E-state index is -0.710. The van der Waals surface area contributed by atoms with Gasteiger partial charge in [-0.15, -0.1) is 6.58 Å². The molecule has 2 aromatic rings. The van der Waals surface area contributed by atoms with Crippen LogP contribution < -0.4 is 5.32 Å². The van der Waals surface area contributed by atoms with Crippen LogP contribution in [0.3, 0.4) is 0 Å². The zero-order chi connectivity index (χ0) is 21.9. The van der Waals surface area contributed by atoms with Crippen LogP contribution in [0.25, 0.3) is 0 Å². The van der Waals surface area contributed by atoms with E-state index in [0.29, 0.717) is 13.0 Å². The number of ether oxygens (including phenoxy) is 1. The number of likely N-dealkylation sites (N-methyl/N-ethyl adjacent to an activating group) is 1. The number of esters is 1. The molecule has 160 valence electrons. The quantitative estimate of drug-likeness (QED) is 0.452. The first-order valence-corrected chi connectivity index (χ1v) is 10.3. The lowest BCUT2D eigenvalue weighted by atomic mass is 10.0. The number of hydrogen-bond acceptors (Lipinski definition) is 4. The predicted molar refractivity (Wildman–Crippen MR) is 120 cm³/mol. The van der Waals surface area contributed by atoms with Gasteiger partial charge in [-0.25, -0.2) is 4.79 Å². The van der Waals surface area contributed by atoms with Gasteiger partial charge in [0.25, 0.3) is 0 Å². The van der Waals surface area contributed by atoms with Crippen molar-refractivity contribution in [2.75, 3.05) is 7.05 Å². The lowest BCUT2D eigenvalue weighted by Gasteiger charge is -2.29. The van der Waals surface area contributed by atoms with E-state index in [1.54, 1.807) is 6.08 Å². The highest BCUT2D eigenvalue weighted by molar-refractivity contribution is 5.87. The van der Waals surface area contributed by atoms with Crippen molar-refractivity contribution < 1.29 is 14.3 Å². The van der Waals surface area contributed by atoms with Crippen molar-refractivity contribution in [3.8, 4) is 0 Å². The van der Waals surface area contributed by atoms with Gasteiger partial charge in [0.05, 0.1) is 6.04 Å². The van der Waals surface area contributed by atoms with Crippen LogP contribution in [0.1, 0.15) is 31.4 Å². The van der Waals surface area contributed by atoms with Gasteiger partial charge in [0.15, 0.2) is 0 Å². The highest BCUT2D eigenvalue weighted by atomic mass is 16.5. The molecule has 5 nitrogen and oxygen atoms in total. The topological polar surface area (TPSA) is 58.6 Å². The van der Waals surface area contributed by atoms with Crippen LogP contribution in [-0.2, 0) is 27.5 Å². The maximum atomic E-state index is 13.1. The minimum absolute atomic E-state index is 0.0963. The maximum absolute atomic E-state index is 13.1. The summed E-state index contributed by atoms with van der Waals surface area (Å²) in [6.45, 7) is 8.38. The fourth-order valence-electron chi connectivity index (χ4n) is 3.19. The van der Waals surface area contributed by atoms with Crippen molar-refractivity contribution in [2.45, 2.75) is 45.5 Å². The number of nitrogens with one attached hydrogen (secondary N) is 1. The third-order valence-electron chi connectivity index (χ3n) is 4.94. The summed E-state index contributed by atoms with van der Waals surface area (Å²) in [5, 5.41) is 2.90. The Hall–Kier alpha value is -2.92. The second-order valence-electron chi connectivity index (χ2n) is 7.76. The normalized spacial score (nSPS) is 13.0. The van der Waals surface area contributed by atoms with E-state index in [0.717, 1.165) is 11.1 Å². The Morgan fingerprint density at radius 1 is 1.03 bits per heavy atom. The van der Waals surface area contributed by atoms with Crippen molar-refractivity contribution in [1.82, 2.24) is 10.2 Å². The first-order chi connectivity index (χ1) is 14.4. The summed E-state index contributed by atoms with van der Waals surface area (Å²) < 4.78 is 5.46. The number of nitrogens with zero attached hydrogens (tertiary/aromatic N) is 1. The van der Waals surface area contributed by atoms with Crippen LogP contribution in [0.4, 0.5) is 0 Å². The van der Waals surface area contributed by atoms with Gasteiger partial charge < -0.3 is 10.1 Å². The van der Waals surface area contributed by atoms with E-state index in [4.69, 9.17) is 4.74 Å². The summed E-state index contributed by atoms with van der Waals surface area (Å²) in [5.41, 5.74) is 2.02. The van der Waals surface area contributed by atoms with E-state index in [9.17, 15) is 9.59 Å². The molecule has 5 heteroatoms. The fraction of sp³-hybridized carbons (Fsp3) is 0.360. The molecule has 0 saturated heterocycles. The van der Waals surface area contributed by atoms with Crippen LogP contribution in [-0.4, -0.2) is 35.9 Å². The third kappa shape index (κ3) is 7.16. The Labute approximate surface area is 179 Å². The number of rotatable bonds is 11. The van der Waals surface area contributed by atoms with Gasteiger partial charge in [0.1, 0.15) is 12.6 Å². The van der Waals surface area contributed by atoms with Gasteiger partial charge in [-0.1, -0.05) is 80.6 Å². The molecule has 1 N–H and O–H groups in total. The van der Waals surface area contributed by atoms with Crippen LogP contribution in [0.5, 0.6) is 0 Å². The first kappa shape index (κ1) is 23.4. The number of amides is 1. The lowest BCUT2D eigenvalue weighted by molar-refractivity contribution is -0.151. The molecule has 2 rings (SSSR count). The molecule has 0 heterocycles. The number of hydrogen-bond donors (Lipinski definition) is 1. The van der Waals surface area contributed by atoms with Gasteiger partial charge in [0, 0.05) is 6.54 Å². The molecule has 0 aliphatic heterocycles. The molecule has 2 atom stereocenters. The van der Waals surface area contributed by atoms with E-state index in [1.165, 1.54) is 0 Å². The van der Waals surface area contributed by atoms with Gasteiger partial charge >= 0.3 is 5.97 Å². The fourth-order valence-corrected chi connectivity index (χ4v) is 3.19. The molecule has 0 aliphatic carbocycles. The van der Waals surface area contributed by atoms with E-state index in [1.807, 2.05) is 86.5 Å². The second kappa shape index (κ2) is 11.9. The van der Waals surface area contributed by atoms with Crippen molar-refractivity contribution in [3.63, 3.8) is 0 Å². The van der Waals surface area contributed by atoms with E-state index < -0.39 is 18.1 Å². The molecule has 1 unspecified atom stereocenters. The lowest BCUT2D eigenvalue weighted by Crippen LogP contribution is -2.52. The zero-order valence-electron chi connectivity index (χ0n) is 18.1. The summed E-state index contributed by atoms with van der Waals surface area (Å²) >= 11 is 0. The molecule has 0 spiro atoms. The zero-order valence-corrected chi connectivity index (χ0v) is 18.1. The SMILES string of the molecule is C=CC[C@@H](C(=O)NC(C(=O)OCc1ccccc1)C(C)C)N(C)Cc1ccccc1. The van der Waals surface area contributed by atoms with Crippen molar-refractivity contribution in [2.24, 2.45) is 5.92 Å².